The number of nitrogens with zero attached hydrogens (tertiary/aromatic N) is 3. The lowest BCUT2D eigenvalue weighted by molar-refractivity contribution is 0.970. The predicted octanol–water partition coefficient (Wildman–Crippen LogP) is 2.39. The lowest BCUT2D eigenvalue weighted by atomic mass is 10.2. The number of hydrogen-bond acceptors (Lipinski definition) is 5. The van der Waals surface area contributed by atoms with Gasteiger partial charge in [0.1, 0.15) is 5.82 Å². The average molecular weight is 257 g/mol. The van der Waals surface area contributed by atoms with Crippen molar-refractivity contribution in [1.29, 1.82) is 0 Å². The number of nitrogens with two attached hydrogens (primary N) is 1. The van der Waals surface area contributed by atoms with Gasteiger partial charge in [-0.25, -0.2) is 4.98 Å². The van der Waals surface area contributed by atoms with Crippen LogP contribution in [0.1, 0.15) is 5.82 Å². The summed E-state index contributed by atoms with van der Waals surface area (Å²) in [7, 11) is 0. The van der Waals surface area contributed by atoms with Crippen LogP contribution in [0.2, 0.25) is 0 Å². The molecule has 2 aromatic heterocycles. The van der Waals surface area contributed by atoms with Gasteiger partial charge in [-0.1, -0.05) is 0 Å². The Labute approximate surface area is 108 Å². The Morgan fingerprint density at radius 1 is 1.28 bits per heavy atom. The second kappa shape index (κ2) is 4.30. The summed E-state index contributed by atoms with van der Waals surface area (Å²) in [6.07, 6.45) is 1.77. The summed E-state index contributed by atoms with van der Waals surface area (Å²) in [5.41, 5.74) is 7.35. The summed E-state index contributed by atoms with van der Waals surface area (Å²) in [4.78, 5) is 9.66. The van der Waals surface area contributed by atoms with Gasteiger partial charge in [0.25, 0.3) is 0 Å². The molecule has 5 nitrogen and oxygen atoms in total. The van der Waals surface area contributed by atoms with Crippen molar-refractivity contribution in [3.8, 4) is 0 Å². The SMILES string of the molecule is Cc1nc(Sc2ccnc3cc(N)ccc23)n[nH]1. The standard InChI is InChI=1S/C12H11N5S/c1-7-15-12(17-16-7)18-11-4-5-14-10-6-8(13)2-3-9(10)11/h2-6H,13H2,1H3,(H,15,16,17). The Morgan fingerprint density at radius 2 is 2.17 bits per heavy atom. The zero-order valence-electron chi connectivity index (χ0n) is 9.71. The van der Waals surface area contributed by atoms with Crippen LogP contribution in [0.4, 0.5) is 5.69 Å². The minimum absolute atomic E-state index is 0.705. The fraction of sp³-hybridized carbons (Fsp3) is 0.0833. The Kier molecular flexibility index (Phi) is 2.64. The molecule has 0 aliphatic rings. The third kappa shape index (κ3) is 2.02. The smallest absolute Gasteiger partial charge is 0.213 e. The molecule has 0 aliphatic heterocycles. The molecule has 0 aliphatic carbocycles. The van der Waals surface area contributed by atoms with Crippen LogP contribution in [0.25, 0.3) is 10.9 Å². The van der Waals surface area contributed by atoms with Crippen molar-refractivity contribution in [3.63, 3.8) is 0 Å². The lowest BCUT2D eigenvalue weighted by Gasteiger charge is -2.03. The number of rotatable bonds is 2. The molecule has 2 heterocycles. The second-order valence-corrected chi connectivity index (χ2v) is 4.90. The van der Waals surface area contributed by atoms with Crippen molar-refractivity contribution >= 4 is 28.4 Å². The first-order valence-electron chi connectivity index (χ1n) is 5.43. The quantitative estimate of drug-likeness (QED) is 0.689. The molecule has 0 saturated carbocycles. The summed E-state index contributed by atoms with van der Waals surface area (Å²) in [5.74, 6) is 0.806. The van der Waals surface area contributed by atoms with Crippen molar-refractivity contribution < 1.29 is 0 Å². The third-order valence-corrected chi connectivity index (χ3v) is 3.45. The molecule has 0 unspecified atom stereocenters. The van der Waals surface area contributed by atoms with Gasteiger partial charge in [-0.15, -0.1) is 5.10 Å². The summed E-state index contributed by atoms with van der Waals surface area (Å²) in [6.45, 7) is 1.88. The molecule has 3 aromatic rings. The molecule has 3 rings (SSSR count). The van der Waals surface area contributed by atoms with Gasteiger partial charge in [0.2, 0.25) is 5.16 Å². The van der Waals surface area contributed by atoms with Gasteiger partial charge in [0, 0.05) is 22.2 Å². The van der Waals surface area contributed by atoms with Crippen LogP contribution in [0.5, 0.6) is 0 Å². The Morgan fingerprint density at radius 3 is 2.94 bits per heavy atom. The number of hydrogen-bond donors (Lipinski definition) is 2. The minimum Gasteiger partial charge on any atom is -0.399 e. The van der Waals surface area contributed by atoms with E-state index in [0.29, 0.717) is 10.8 Å². The van der Waals surface area contributed by atoms with E-state index < -0.39 is 0 Å². The van der Waals surface area contributed by atoms with Gasteiger partial charge in [0.15, 0.2) is 0 Å². The first-order valence-corrected chi connectivity index (χ1v) is 6.25. The van der Waals surface area contributed by atoms with E-state index >= 15 is 0 Å². The van der Waals surface area contributed by atoms with E-state index in [-0.39, 0.29) is 0 Å². The Hall–Kier alpha value is -2.08. The number of aryl methyl sites for hydroxylation is 1. The molecule has 3 N–H and O–H groups in total. The number of nitrogen functional groups attached to an aromatic ring is 1. The summed E-state index contributed by atoms with van der Waals surface area (Å²) < 4.78 is 0. The number of anilines is 1. The molecule has 0 amide bonds. The maximum atomic E-state index is 5.75. The molecule has 90 valence electrons. The van der Waals surface area contributed by atoms with E-state index in [2.05, 4.69) is 20.2 Å². The first-order chi connectivity index (χ1) is 8.72. The van der Waals surface area contributed by atoms with Crippen molar-refractivity contribution in [1.82, 2.24) is 20.2 Å². The van der Waals surface area contributed by atoms with Crippen molar-refractivity contribution in [3.05, 3.63) is 36.3 Å². The molecule has 6 heteroatoms. The predicted molar refractivity (Wildman–Crippen MR) is 71.4 cm³/mol. The molecule has 0 atom stereocenters. The fourth-order valence-electron chi connectivity index (χ4n) is 1.69. The Balaban J connectivity index is 2.06. The van der Waals surface area contributed by atoms with Crippen LogP contribution in [0.3, 0.4) is 0 Å². The van der Waals surface area contributed by atoms with Crippen LogP contribution in [0.15, 0.2) is 40.5 Å². The van der Waals surface area contributed by atoms with E-state index in [1.165, 1.54) is 11.8 Å². The second-order valence-electron chi connectivity index (χ2n) is 3.89. The van der Waals surface area contributed by atoms with Gasteiger partial charge >= 0.3 is 0 Å². The highest BCUT2D eigenvalue weighted by Gasteiger charge is 2.07. The summed E-state index contributed by atoms with van der Waals surface area (Å²) in [5, 5.41) is 8.71. The zero-order valence-corrected chi connectivity index (χ0v) is 10.5. The van der Waals surface area contributed by atoms with E-state index in [1.54, 1.807) is 6.20 Å². The molecular formula is C12H11N5S. The van der Waals surface area contributed by atoms with Crippen molar-refractivity contribution in [2.75, 3.05) is 5.73 Å². The highest BCUT2D eigenvalue weighted by Crippen LogP contribution is 2.31. The van der Waals surface area contributed by atoms with Gasteiger partial charge in [-0.2, -0.15) is 0 Å². The van der Waals surface area contributed by atoms with Gasteiger partial charge in [-0.3, -0.25) is 10.1 Å². The fourth-order valence-corrected chi connectivity index (χ4v) is 2.58. The van der Waals surface area contributed by atoms with Crippen LogP contribution in [0, 0.1) is 6.92 Å². The maximum Gasteiger partial charge on any atom is 0.213 e. The number of aromatic amines is 1. The maximum absolute atomic E-state index is 5.75. The number of aromatic nitrogens is 4. The summed E-state index contributed by atoms with van der Waals surface area (Å²) in [6, 6.07) is 7.66. The molecule has 18 heavy (non-hydrogen) atoms. The number of fused-ring (bicyclic) bond motifs is 1. The van der Waals surface area contributed by atoms with Crippen LogP contribution < -0.4 is 5.73 Å². The topological polar surface area (TPSA) is 80.5 Å². The molecule has 0 radical (unpaired) electrons. The van der Waals surface area contributed by atoms with E-state index in [9.17, 15) is 0 Å². The normalized spacial score (nSPS) is 10.9. The highest BCUT2D eigenvalue weighted by molar-refractivity contribution is 7.99. The van der Waals surface area contributed by atoms with Crippen LogP contribution in [-0.2, 0) is 0 Å². The van der Waals surface area contributed by atoms with E-state index in [1.807, 2.05) is 31.2 Å². The molecule has 0 saturated heterocycles. The van der Waals surface area contributed by atoms with Crippen LogP contribution >= 0.6 is 11.8 Å². The van der Waals surface area contributed by atoms with Crippen molar-refractivity contribution in [2.45, 2.75) is 17.0 Å². The third-order valence-electron chi connectivity index (χ3n) is 2.50. The first kappa shape index (κ1) is 11.0. The number of benzene rings is 1. The van der Waals surface area contributed by atoms with Gasteiger partial charge in [-0.05, 0) is 43.0 Å². The number of nitrogens with one attached hydrogen (secondary N) is 1. The number of H-pyrrole nitrogens is 1. The molecular weight excluding hydrogens is 246 g/mol. The zero-order chi connectivity index (χ0) is 12.5. The van der Waals surface area contributed by atoms with E-state index in [4.69, 9.17) is 5.73 Å². The van der Waals surface area contributed by atoms with Gasteiger partial charge < -0.3 is 5.73 Å². The molecule has 0 fully saturated rings. The van der Waals surface area contributed by atoms with Crippen molar-refractivity contribution in [2.24, 2.45) is 0 Å². The molecule has 0 spiro atoms. The minimum atomic E-state index is 0.705. The molecule has 1 aromatic carbocycles. The summed E-state index contributed by atoms with van der Waals surface area (Å²) >= 11 is 1.51. The van der Waals surface area contributed by atoms with E-state index in [0.717, 1.165) is 21.6 Å². The lowest BCUT2D eigenvalue weighted by Crippen LogP contribution is -1.87. The number of pyridine rings is 1. The van der Waals surface area contributed by atoms with Gasteiger partial charge in [0.05, 0.1) is 5.52 Å². The molecule has 0 bridgehead atoms. The largest absolute Gasteiger partial charge is 0.399 e. The monoisotopic (exact) mass is 257 g/mol. The Bertz CT molecular complexity index is 707. The highest BCUT2D eigenvalue weighted by atomic mass is 32.2. The average Bonchev–Trinajstić information content (AvgIpc) is 2.75. The van der Waals surface area contributed by atoms with Crippen LogP contribution in [-0.4, -0.2) is 20.2 Å².